The van der Waals surface area contributed by atoms with Crippen molar-refractivity contribution in [3.8, 4) is 11.1 Å². The number of anilines is 3. The van der Waals surface area contributed by atoms with Gasteiger partial charge in [-0.15, -0.1) is 5.11 Å². The van der Waals surface area contributed by atoms with E-state index in [2.05, 4.69) is 31.3 Å². The summed E-state index contributed by atoms with van der Waals surface area (Å²) in [4.78, 5) is 22.3. The van der Waals surface area contributed by atoms with Crippen LogP contribution in [-0.2, 0) is 35.1 Å². The second-order valence-electron chi connectivity index (χ2n) is 12.5. The Labute approximate surface area is 415 Å². The number of nitrogens with one attached hydrogen (secondary N) is 2. The molecule has 0 aromatic heterocycles. The minimum atomic E-state index is -5.48. The van der Waals surface area contributed by atoms with E-state index in [1.54, 1.807) is 37.3 Å². The van der Waals surface area contributed by atoms with Crippen LogP contribution in [0, 0.1) is 13.8 Å². The molecule has 19 nitrogen and oxygen atoms in total. The van der Waals surface area contributed by atoms with Gasteiger partial charge in [-0.1, -0.05) is 12.1 Å². The summed E-state index contributed by atoms with van der Waals surface area (Å²) in [7, 11) is -15.7. The monoisotopic (exact) mass is 913 g/mol. The number of ketones is 2. The molecule has 0 amide bonds. The van der Waals surface area contributed by atoms with E-state index >= 15 is 0 Å². The fourth-order valence-electron chi connectivity index (χ4n) is 5.64. The Morgan fingerprint density at radius 3 is 1.87 bits per heavy atom. The van der Waals surface area contributed by atoms with E-state index in [0.717, 1.165) is 47.0 Å². The molecule has 0 aliphatic heterocycles. The second kappa shape index (κ2) is 20.2. The molecule has 0 fully saturated rings. The maximum absolute atomic E-state index is 13.7. The minimum Gasteiger partial charge on any atom is -0.744 e. The van der Waals surface area contributed by atoms with Gasteiger partial charge < -0.3 is 24.5 Å². The number of azo groups is 1. The Morgan fingerprint density at radius 2 is 1.31 bits per heavy atom. The Morgan fingerprint density at radius 1 is 0.689 bits per heavy atom. The summed E-state index contributed by atoms with van der Waals surface area (Å²) in [5.41, 5.74) is 11.6. The quantitative estimate of drug-likeness (QED) is 0.0292. The van der Waals surface area contributed by atoms with E-state index in [0.29, 0.717) is 23.4 Å². The Bertz CT molecular complexity index is 3010. The second-order valence-corrected chi connectivity index (χ2v) is 16.6. The van der Waals surface area contributed by atoms with Gasteiger partial charge in [-0.2, -0.15) is 15.3 Å². The Kier molecular flexibility index (Phi) is 17.1. The molecule has 4 aromatic carbocycles. The molecule has 2 aliphatic carbocycles. The normalized spacial score (nSPS) is 15.3. The molecule has 0 unspecified atom stereocenters. The number of hydrogen-bond acceptors (Lipinski definition) is 19. The third kappa shape index (κ3) is 11.9. The first kappa shape index (κ1) is 51.7. The first-order valence-electron chi connectivity index (χ1n) is 16.3. The number of nitrogens with zero attached hydrogens (tertiary/aromatic N) is 4. The molecular weight excluding hydrogens is 888 g/mol. The summed E-state index contributed by atoms with van der Waals surface area (Å²) in [5, 5.41) is 25.8. The summed E-state index contributed by atoms with van der Waals surface area (Å²) in [6.45, 7) is 3.49. The molecule has 0 bridgehead atoms. The smallest absolute Gasteiger partial charge is 0.744 e. The van der Waals surface area contributed by atoms with E-state index < -0.39 is 79.0 Å². The van der Waals surface area contributed by atoms with Crippen LogP contribution in [-0.4, -0.2) is 67.0 Å². The molecule has 298 valence electrons. The van der Waals surface area contributed by atoms with Crippen molar-refractivity contribution in [1.29, 1.82) is 0 Å². The van der Waals surface area contributed by atoms with Crippen molar-refractivity contribution in [1.82, 2.24) is 0 Å². The van der Waals surface area contributed by atoms with Crippen LogP contribution in [0.2, 0.25) is 0 Å². The molecule has 0 atom stereocenters. The van der Waals surface area contributed by atoms with Crippen LogP contribution in [0.25, 0.3) is 17.2 Å². The summed E-state index contributed by atoms with van der Waals surface area (Å²) in [6.07, 6.45) is 4.30. The fraction of sp³-hybridized carbons (Fsp3) is 0.0556. The van der Waals surface area contributed by atoms with Gasteiger partial charge in [-0.3, -0.25) is 20.4 Å². The van der Waals surface area contributed by atoms with Crippen LogP contribution in [0.5, 0.6) is 0 Å². The number of Topliss-reactive ketones (excluding diaryl/α,β-unsaturated/α-hetero) is 1. The molecule has 6 rings (SSSR count). The molecule has 5 N–H and O–H groups in total. The average Bonchev–Trinajstić information content (AvgIpc) is 3.13. The van der Waals surface area contributed by atoms with Crippen LogP contribution in [0.15, 0.2) is 126 Å². The topological polar surface area (TPSA) is 325 Å². The number of hydrogen-bond donors (Lipinski definition) is 4. The third-order valence-corrected chi connectivity index (χ3v) is 11.1. The van der Waals surface area contributed by atoms with E-state index in [-0.39, 0.29) is 117 Å². The summed E-state index contributed by atoms with van der Waals surface area (Å²) < 4.78 is 108. The zero-order valence-corrected chi connectivity index (χ0v) is 41.1. The van der Waals surface area contributed by atoms with E-state index in [1.807, 2.05) is 13.0 Å². The van der Waals surface area contributed by atoms with Crippen molar-refractivity contribution < 1.29 is 142 Å². The molecule has 0 spiro atoms. The number of aliphatic hydroxyl groups is 1. The van der Waals surface area contributed by atoms with Gasteiger partial charge in [-0.25, -0.2) is 25.3 Å². The number of rotatable bonds is 10. The minimum absolute atomic E-state index is 0. The Balaban J connectivity index is 0.00000331. The zero-order valence-electron chi connectivity index (χ0n) is 32.7. The zero-order chi connectivity index (χ0) is 42.3. The van der Waals surface area contributed by atoms with E-state index in [9.17, 15) is 53.6 Å². The van der Waals surface area contributed by atoms with Crippen LogP contribution >= 0.6 is 0 Å². The SMILES string of the molecule is Cc1cc(-c2ccc(N/N=C3/C=CC(=O)C=C3O)c(C)c2)ccc1N=Nc1c(S(=O)(=O)[O-])cc2c(c1N)C(=O)/C(=N\Nc1ccc(S(=O)(=O)[O-])cc1)C(S(=O)(=O)[O-])=C2.[Na+].[Na+].[Na+]. The predicted molar refractivity (Wildman–Crippen MR) is 208 cm³/mol. The number of fused-ring (bicyclic) bond motifs is 1. The first-order valence-corrected chi connectivity index (χ1v) is 20.5. The number of benzene rings is 4. The molecule has 0 saturated heterocycles. The van der Waals surface area contributed by atoms with Gasteiger partial charge in [0.15, 0.2) is 5.78 Å². The van der Waals surface area contributed by atoms with Gasteiger partial charge in [0, 0.05) is 6.08 Å². The maximum atomic E-state index is 13.7. The third-order valence-electron chi connectivity index (χ3n) is 8.53. The number of carbonyl (C=O) groups is 2. The summed E-state index contributed by atoms with van der Waals surface area (Å²) >= 11 is 0. The largest absolute Gasteiger partial charge is 1.00 e. The maximum Gasteiger partial charge on any atom is 1.00 e. The summed E-state index contributed by atoms with van der Waals surface area (Å²) in [5.74, 6) is -1.93. The van der Waals surface area contributed by atoms with Crippen LogP contribution in [0.1, 0.15) is 27.0 Å². The van der Waals surface area contributed by atoms with Crippen molar-refractivity contribution in [2.45, 2.75) is 23.6 Å². The van der Waals surface area contributed by atoms with Crippen molar-refractivity contribution in [3.05, 3.63) is 118 Å². The van der Waals surface area contributed by atoms with Gasteiger partial charge >= 0.3 is 88.7 Å². The van der Waals surface area contributed by atoms with Gasteiger partial charge in [-0.05, 0) is 114 Å². The fourth-order valence-corrected chi connectivity index (χ4v) is 7.42. The van der Waals surface area contributed by atoms with Crippen molar-refractivity contribution >= 4 is 87.9 Å². The van der Waals surface area contributed by atoms with Crippen LogP contribution < -0.4 is 105 Å². The number of allylic oxidation sites excluding steroid dienone is 4. The molecule has 4 aromatic rings. The number of hydrazone groups is 2. The number of aryl methyl sites for hydroxylation is 2. The van der Waals surface area contributed by atoms with Crippen LogP contribution in [0.3, 0.4) is 0 Å². The van der Waals surface area contributed by atoms with Gasteiger partial charge in [0.05, 0.1) is 43.0 Å². The number of aliphatic hydroxyl groups excluding tert-OH is 1. The summed E-state index contributed by atoms with van der Waals surface area (Å²) in [6, 6.07) is 14.9. The Hall–Kier alpha value is -3.69. The van der Waals surface area contributed by atoms with Crippen molar-refractivity contribution in [2.24, 2.45) is 20.4 Å². The van der Waals surface area contributed by atoms with E-state index in [1.165, 1.54) is 12.2 Å². The van der Waals surface area contributed by atoms with E-state index in [4.69, 9.17) is 5.73 Å². The van der Waals surface area contributed by atoms with Crippen LogP contribution in [0.4, 0.5) is 28.4 Å². The number of nitrogen functional groups attached to an aromatic ring is 1. The van der Waals surface area contributed by atoms with Gasteiger partial charge in [0.2, 0.25) is 5.78 Å². The molecule has 61 heavy (non-hydrogen) atoms. The van der Waals surface area contributed by atoms with Gasteiger partial charge in [0.25, 0.3) is 0 Å². The molecule has 0 heterocycles. The molecule has 2 aliphatic rings. The van der Waals surface area contributed by atoms with Crippen molar-refractivity contribution in [3.63, 3.8) is 0 Å². The predicted octanol–water partition coefficient (Wildman–Crippen LogP) is -4.31. The molecular formula is C36H26N7Na3O12S3. The first-order chi connectivity index (χ1) is 27.1. The molecule has 25 heteroatoms. The molecule has 0 saturated carbocycles. The van der Waals surface area contributed by atoms with Crippen molar-refractivity contribution in [2.75, 3.05) is 16.6 Å². The number of carbonyl (C=O) groups excluding carboxylic acids is 2. The standard InChI is InChI=1S/C36H29N7O12S3.3Na/c1-18-13-20(3-10-26(18)39-41-28-12-7-24(44)17-29(28)45)21-4-11-27(19(2)14-21)40-42-34-30(57(50,51)52)15-22-16-31(58(53,54)55)35(36(46)32(22)33(34)37)43-38-23-5-8-25(9-6-23)56(47,48)49;;;/h3-17,38-39,45H,37H2,1-2H3,(H,47,48,49)(H,50,51,52)(H,53,54,55);;;/q;3*+1/p-3/b41-28-,42-40?,43-35-;;;. The average molecular weight is 914 g/mol. The molecule has 0 radical (unpaired) electrons. The number of nitrogens with two attached hydrogens (primary N) is 1. The van der Waals surface area contributed by atoms with Gasteiger partial charge in [0.1, 0.15) is 53.2 Å².